The number of allylic oxidation sites excluding steroid dienone is 1. The van der Waals surface area contributed by atoms with E-state index in [2.05, 4.69) is 10.6 Å². The van der Waals surface area contributed by atoms with Crippen LogP contribution in [0.2, 0.25) is 5.02 Å². The lowest BCUT2D eigenvalue weighted by Gasteiger charge is -2.29. The summed E-state index contributed by atoms with van der Waals surface area (Å²) in [5, 5.41) is 6.03. The molecule has 0 radical (unpaired) electrons. The number of hydrogen-bond donors (Lipinski definition) is 2. The van der Waals surface area contributed by atoms with Gasteiger partial charge in [-0.2, -0.15) is 0 Å². The summed E-state index contributed by atoms with van der Waals surface area (Å²) in [6.45, 7) is 1.72. The van der Waals surface area contributed by atoms with E-state index in [1.54, 1.807) is 25.1 Å². The van der Waals surface area contributed by atoms with E-state index in [9.17, 15) is 9.59 Å². The molecule has 2 N–H and O–H groups in total. The second kappa shape index (κ2) is 7.91. The van der Waals surface area contributed by atoms with Gasteiger partial charge in [-0.05, 0) is 50.3 Å². The number of esters is 1. The van der Waals surface area contributed by atoms with Gasteiger partial charge in [-0.3, -0.25) is 0 Å². The van der Waals surface area contributed by atoms with E-state index in [1.165, 1.54) is 12.8 Å². The third-order valence-electron chi connectivity index (χ3n) is 4.75. The molecule has 1 aliphatic heterocycles. The smallest absolute Gasteiger partial charge is 0.338 e. The lowest BCUT2D eigenvalue weighted by atomic mass is 9.95. The Morgan fingerprint density at radius 2 is 1.92 bits per heavy atom. The molecule has 6 heteroatoms. The Kier molecular flexibility index (Phi) is 5.63. The maximum absolute atomic E-state index is 12.9. The summed E-state index contributed by atoms with van der Waals surface area (Å²) in [6, 6.07) is 6.25. The van der Waals surface area contributed by atoms with Crippen molar-refractivity contribution in [1.82, 2.24) is 10.6 Å². The van der Waals surface area contributed by atoms with Crippen LogP contribution in [0.3, 0.4) is 0 Å². The predicted molar refractivity (Wildman–Crippen MR) is 96.1 cm³/mol. The van der Waals surface area contributed by atoms with Gasteiger partial charge in [0.25, 0.3) is 0 Å². The molecule has 5 nitrogen and oxygen atoms in total. The number of hydrogen-bond acceptors (Lipinski definition) is 3. The van der Waals surface area contributed by atoms with Crippen LogP contribution in [0.15, 0.2) is 35.5 Å². The SMILES string of the molecule is CC1=C(C(=O)OC2CCCCCC2)C(c2cccc(Cl)c2)NC(=O)N1. The first-order chi connectivity index (χ1) is 12.0. The fourth-order valence-corrected chi connectivity index (χ4v) is 3.67. The van der Waals surface area contributed by atoms with Gasteiger partial charge in [0.05, 0.1) is 11.6 Å². The topological polar surface area (TPSA) is 67.4 Å². The molecule has 2 aliphatic rings. The monoisotopic (exact) mass is 362 g/mol. The Hall–Kier alpha value is -2.01. The molecule has 1 atom stereocenters. The summed E-state index contributed by atoms with van der Waals surface area (Å²) < 4.78 is 5.78. The van der Waals surface area contributed by atoms with Gasteiger partial charge in [-0.25, -0.2) is 9.59 Å². The van der Waals surface area contributed by atoms with Gasteiger partial charge in [0.2, 0.25) is 0 Å². The highest BCUT2D eigenvalue weighted by molar-refractivity contribution is 6.30. The van der Waals surface area contributed by atoms with E-state index in [-0.39, 0.29) is 18.1 Å². The number of benzene rings is 1. The van der Waals surface area contributed by atoms with Crippen molar-refractivity contribution in [3.8, 4) is 0 Å². The van der Waals surface area contributed by atoms with Crippen molar-refractivity contribution in [3.05, 3.63) is 46.1 Å². The van der Waals surface area contributed by atoms with Gasteiger partial charge in [0, 0.05) is 10.7 Å². The summed E-state index contributed by atoms with van der Waals surface area (Å²) in [4.78, 5) is 24.8. The zero-order chi connectivity index (χ0) is 17.8. The molecule has 1 aromatic carbocycles. The average Bonchev–Trinajstić information content (AvgIpc) is 2.82. The first-order valence-electron chi connectivity index (χ1n) is 8.79. The first-order valence-corrected chi connectivity index (χ1v) is 9.17. The number of carbonyl (C=O) groups excluding carboxylic acids is 2. The second-order valence-electron chi connectivity index (χ2n) is 6.64. The van der Waals surface area contributed by atoms with Crippen LogP contribution in [0, 0.1) is 0 Å². The Morgan fingerprint density at radius 1 is 1.20 bits per heavy atom. The third-order valence-corrected chi connectivity index (χ3v) is 4.98. The van der Waals surface area contributed by atoms with E-state index in [1.807, 2.05) is 6.07 Å². The summed E-state index contributed by atoms with van der Waals surface area (Å²) in [5.41, 5.74) is 1.72. The third kappa shape index (κ3) is 4.34. The number of ether oxygens (including phenoxy) is 1. The van der Waals surface area contributed by atoms with E-state index in [4.69, 9.17) is 16.3 Å². The summed E-state index contributed by atoms with van der Waals surface area (Å²) in [6.07, 6.45) is 6.31. The Morgan fingerprint density at radius 3 is 2.60 bits per heavy atom. The molecule has 0 spiro atoms. The van der Waals surface area contributed by atoms with Crippen molar-refractivity contribution in [2.24, 2.45) is 0 Å². The first kappa shape index (κ1) is 17.8. The maximum atomic E-state index is 12.9. The molecule has 134 valence electrons. The number of rotatable bonds is 3. The quantitative estimate of drug-likeness (QED) is 0.624. The maximum Gasteiger partial charge on any atom is 0.338 e. The van der Waals surface area contributed by atoms with Crippen LogP contribution in [0.1, 0.15) is 57.1 Å². The fourth-order valence-electron chi connectivity index (χ4n) is 3.48. The van der Waals surface area contributed by atoms with Gasteiger partial charge in [-0.1, -0.05) is 36.6 Å². The standard InChI is InChI=1S/C19H23ClN2O3/c1-12-16(18(23)25-15-9-4-2-3-5-10-15)17(22-19(24)21-12)13-7-6-8-14(20)11-13/h6-8,11,15,17H,2-5,9-10H2,1H3,(H2,21,22,24). The molecule has 0 saturated heterocycles. The van der Waals surface area contributed by atoms with E-state index in [0.29, 0.717) is 16.3 Å². The minimum atomic E-state index is -0.564. The summed E-state index contributed by atoms with van der Waals surface area (Å²) >= 11 is 6.08. The second-order valence-corrected chi connectivity index (χ2v) is 7.08. The van der Waals surface area contributed by atoms with Crippen molar-refractivity contribution in [2.75, 3.05) is 0 Å². The van der Waals surface area contributed by atoms with Crippen LogP contribution < -0.4 is 10.6 Å². The molecule has 0 bridgehead atoms. The largest absolute Gasteiger partial charge is 0.459 e. The van der Waals surface area contributed by atoms with Crippen molar-refractivity contribution in [1.29, 1.82) is 0 Å². The molecule has 1 aliphatic carbocycles. The molecule has 1 saturated carbocycles. The van der Waals surface area contributed by atoms with E-state index in [0.717, 1.165) is 31.2 Å². The molecule has 1 heterocycles. The lowest BCUT2D eigenvalue weighted by molar-refractivity contribution is -0.145. The normalized spacial score (nSPS) is 22.0. The predicted octanol–water partition coefficient (Wildman–Crippen LogP) is 4.23. The number of amides is 2. The van der Waals surface area contributed by atoms with Gasteiger partial charge in [0.15, 0.2) is 0 Å². The molecule has 2 amide bonds. The lowest BCUT2D eigenvalue weighted by Crippen LogP contribution is -2.45. The molecule has 1 fully saturated rings. The van der Waals surface area contributed by atoms with Crippen molar-refractivity contribution >= 4 is 23.6 Å². The molecule has 1 aromatic rings. The van der Waals surface area contributed by atoms with Crippen molar-refractivity contribution < 1.29 is 14.3 Å². The van der Waals surface area contributed by atoms with E-state index < -0.39 is 6.04 Å². The summed E-state index contributed by atoms with van der Waals surface area (Å²) in [7, 11) is 0. The molecule has 25 heavy (non-hydrogen) atoms. The van der Waals surface area contributed by atoms with E-state index >= 15 is 0 Å². The van der Waals surface area contributed by atoms with Gasteiger partial charge < -0.3 is 15.4 Å². The minimum absolute atomic E-state index is 0.0482. The van der Waals surface area contributed by atoms with Gasteiger partial charge in [-0.15, -0.1) is 0 Å². The zero-order valence-corrected chi connectivity index (χ0v) is 15.1. The Labute approximate surface area is 152 Å². The Balaban J connectivity index is 1.85. The van der Waals surface area contributed by atoms with Gasteiger partial charge >= 0.3 is 12.0 Å². The highest BCUT2D eigenvalue weighted by Crippen LogP contribution is 2.30. The highest BCUT2D eigenvalue weighted by Gasteiger charge is 2.33. The van der Waals surface area contributed by atoms with Crippen LogP contribution in [0.25, 0.3) is 0 Å². The molecular formula is C19H23ClN2O3. The summed E-state index contributed by atoms with van der Waals surface area (Å²) in [5.74, 6) is -0.373. The zero-order valence-electron chi connectivity index (χ0n) is 14.3. The highest BCUT2D eigenvalue weighted by atomic mass is 35.5. The number of nitrogens with one attached hydrogen (secondary N) is 2. The molecule has 0 aromatic heterocycles. The van der Waals surface area contributed by atoms with Crippen LogP contribution in [-0.4, -0.2) is 18.1 Å². The number of urea groups is 1. The molecule has 1 unspecified atom stereocenters. The van der Waals surface area contributed by atoms with Crippen LogP contribution in [0.5, 0.6) is 0 Å². The molecular weight excluding hydrogens is 340 g/mol. The van der Waals surface area contributed by atoms with Crippen molar-refractivity contribution in [2.45, 2.75) is 57.6 Å². The Bertz CT molecular complexity index is 694. The van der Waals surface area contributed by atoms with Gasteiger partial charge in [0.1, 0.15) is 6.10 Å². The number of halogens is 1. The van der Waals surface area contributed by atoms with Crippen LogP contribution >= 0.6 is 11.6 Å². The van der Waals surface area contributed by atoms with Crippen LogP contribution in [-0.2, 0) is 9.53 Å². The van der Waals surface area contributed by atoms with Crippen LogP contribution in [0.4, 0.5) is 4.79 Å². The molecule has 3 rings (SSSR count). The minimum Gasteiger partial charge on any atom is -0.459 e. The average molecular weight is 363 g/mol. The van der Waals surface area contributed by atoms with Crippen molar-refractivity contribution in [3.63, 3.8) is 0 Å². The number of carbonyl (C=O) groups is 2. The fraction of sp³-hybridized carbons (Fsp3) is 0.474.